The number of nitrogens with zero attached hydrogens (tertiary/aromatic N) is 3. The summed E-state index contributed by atoms with van der Waals surface area (Å²) in [6.07, 6.45) is 4.63. The van der Waals surface area contributed by atoms with Gasteiger partial charge in [-0.15, -0.1) is 0 Å². The van der Waals surface area contributed by atoms with Crippen molar-refractivity contribution in [2.75, 3.05) is 18.0 Å². The van der Waals surface area contributed by atoms with Gasteiger partial charge in [-0.2, -0.15) is 4.98 Å². The Hall–Kier alpha value is -1.85. The summed E-state index contributed by atoms with van der Waals surface area (Å²) in [5.41, 5.74) is 0. The van der Waals surface area contributed by atoms with Crippen LogP contribution in [-0.2, 0) is 4.79 Å². The van der Waals surface area contributed by atoms with E-state index in [0.29, 0.717) is 31.8 Å². The summed E-state index contributed by atoms with van der Waals surface area (Å²) in [5.74, 6) is 0.316. The highest BCUT2D eigenvalue weighted by molar-refractivity contribution is 5.70. The summed E-state index contributed by atoms with van der Waals surface area (Å²) in [6.45, 7) is 5.26. The fraction of sp³-hybridized carbons (Fsp3) is 0.615. The van der Waals surface area contributed by atoms with Crippen molar-refractivity contribution < 1.29 is 14.6 Å². The summed E-state index contributed by atoms with van der Waals surface area (Å²) < 4.78 is 5.51. The predicted molar refractivity (Wildman–Crippen MR) is 70.4 cm³/mol. The highest BCUT2D eigenvalue weighted by Crippen LogP contribution is 2.22. The second-order valence-electron chi connectivity index (χ2n) is 4.98. The van der Waals surface area contributed by atoms with Crippen molar-refractivity contribution in [1.82, 2.24) is 9.97 Å². The number of ether oxygens (including phenoxy) is 1. The Morgan fingerprint density at radius 2 is 2.11 bits per heavy atom. The van der Waals surface area contributed by atoms with E-state index in [4.69, 9.17) is 9.84 Å². The van der Waals surface area contributed by atoms with Crippen LogP contribution in [0.25, 0.3) is 0 Å². The molecule has 2 heterocycles. The molecular formula is C13H19N3O3. The van der Waals surface area contributed by atoms with Gasteiger partial charge in [-0.3, -0.25) is 9.78 Å². The molecule has 1 saturated heterocycles. The quantitative estimate of drug-likeness (QED) is 0.890. The Morgan fingerprint density at radius 1 is 1.42 bits per heavy atom. The second-order valence-corrected chi connectivity index (χ2v) is 4.98. The van der Waals surface area contributed by atoms with E-state index in [1.165, 1.54) is 0 Å². The van der Waals surface area contributed by atoms with Gasteiger partial charge in [0.15, 0.2) is 5.82 Å². The van der Waals surface area contributed by atoms with Gasteiger partial charge in [0.2, 0.25) is 5.88 Å². The molecule has 6 nitrogen and oxygen atoms in total. The molecule has 0 aliphatic carbocycles. The Balaban J connectivity index is 2.01. The third-order valence-electron chi connectivity index (χ3n) is 3.12. The van der Waals surface area contributed by atoms with E-state index < -0.39 is 5.97 Å². The lowest BCUT2D eigenvalue weighted by atomic mass is 9.97. The number of aliphatic carboxylic acids is 1. The van der Waals surface area contributed by atoms with Crippen molar-refractivity contribution >= 4 is 11.8 Å². The number of carboxylic acids is 1. The summed E-state index contributed by atoms with van der Waals surface area (Å²) in [4.78, 5) is 21.5. The average Bonchev–Trinajstić information content (AvgIpc) is 2.38. The lowest BCUT2D eigenvalue weighted by Crippen LogP contribution is -2.36. The zero-order chi connectivity index (χ0) is 13.8. The Bertz CT molecular complexity index is 443. The van der Waals surface area contributed by atoms with Gasteiger partial charge in [0.05, 0.1) is 24.4 Å². The molecule has 0 radical (unpaired) electrons. The monoisotopic (exact) mass is 265 g/mol. The van der Waals surface area contributed by atoms with Crippen LogP contribution >= 0.6 is 0 Å². The molecule has 19 heavy (non-hydrogen) atoms. The average molecular weight is 265 g/mol. The van der Waals surface area contributed by atoms with Crippen molar-refractivity contribution in [3.05, 3.63) is 12.4 Å². The Kier molecular flexibility index (Phi) is 4.19. The summed E-state index contributed by atoms with van der Waals surface area (Å²) in [7, 11) is 0. The number of piperidine rings is 1. The first-order chi connectivity index (χ1) is 9.06. The molecule has 1 aliphatic heterocycles. The summed E-state index contributed by atoms with van der Waals surface area (Å²) in [6, 6.07) is 0. The number of carboxylic acid groups (broad SMARTS) is 1. The molecule has 1 aromatic heterocycles. The maximum absolute atomic E-state index is 10.9. The number of hydrogen-bond acceptors (Lipinski definition) is 5. The SMILES string of the molecule is CC(C)Oc1cncc(N2CCC(C(=O)O)CC2)n1. The smallest absolute Gasteiger partial charge is 0.306 e. The Morgan fingerprint density at radius 3 is 2.68 bits per heavy atom. The highest BCUT2D eigenvalue weighted by Gasteiger charge is 2.25. The van der Waals surface area contributed by atoms with E-state index in [1.54, 1.807) is 12.4 Å². The minimum absolute atomic E-state index is 0.0577. The first-order valence-corrected chi connectivity index (χ1v) is 6.52. The molecule has 0 bridgehead atoms. The first-order valence-electron chi connectivity index (χ1n) is 6.52. The molecule has 0 aromatic carbocycles. The fourth-order valence-corrected chi connectivity index (χ4v) is 2.14. The summed E-state index contributed by atoms with van der Waals surface area (Å²) in [5, 5.41) is 8.97. The molecule has 2 rings (SSSR count). The second kappa shape index (κ2) is 5.86. The van der Waals surface area contributed by atoms with Crippen molar-refractivity contribution in [2.24, 2.45) is 5.92 Å². The molecule has 1 aliphatic rings. The van der Waals surface area contributed by atoms with Crippen molar-refractivity contribution in [1.29, 1.82) is 0 Å². The molecule has 0 saturated carbocycles. The third-order valence-corrected chi connectivity index (χ3v) is 3.12. The van der Waals surface area contributed by atoms with E-state index in [9.17, 15) is 4.79 Å². The standard InChI is InChI=1S/C13H19N3O3/c1-9(2)19-12-8-14-7-11(15-12)16-5-3-10(4-6-16)13(17)18/h7-10H,3-6H2,1-2H3,(H,17,18). The van der Waals surface area contributed by atoms with E-state index in [-0.39, 0.29) is 12.0 Å². The normalized spacial score (nSPS) is 16.7. The lowest BCUT2D eigenvalue weighted by Gasteiger charge is -2.30. The number of rotatable bonds is 4. The first kappa shape index (κ1) is 13.6. The van der Waals surface area contributed by atoms with Crippen LogP contribution in [0, 0.1) is 5.92 Å². The number of aromatic nitrogens is 2. The van der Waals surface area contributed by atoms with E-state index in [1.807, 2.05) is 13.8 Å². The Labute approximate surface area is 112 Å². The van der Waals surface area contributed by atoms with Gasteiger partial charge in [0.25, 0.3) is 0 Å². The molecule has 1 N–H and O–H groups in total. The molecule has 0 unspecified atom stereocenters. The van der Waals surface area contributed by atoms with E-state index >= 15 is 0 Å². The van der Waals surface area contributed by atoms with Gasteiger partial charge in [0.1, 0.15) is 0 Å². The van der Waals surface area contributed by atoms with Gasteiger partial charge in [-0.05, 0) is 26.7 Å². The van der Waals surface area contributed by atoms with Crippen molar-refractivity contribution in [3.8, 4) is 5.88 Å². The number of carbonyl (C=O) groups is 1. The third kappa shape index (κ3) is 3.56. The zero-order valence-electron chi connectivity index (χ0n) is 11.2. The molecule has 0 atom stereocenters. The molecule has 6 heteroatoms. The molecule has 1 aromatic rings. The van der Waals surface area contributed by atoms with Gasteiger partial charge >= 0.3 is 5.97 Å². The fourth-order valence-electron chi connectivity index (χ4n) is 2.14. The summed E-state index contributed by atoms with van der Waals surface area (Å²) >= 11 is 0. The number of anilines is 1. The molecule has 0 spiro atoms. The lowest BCUT2D eigenvalue weighted by molar-refractivity contribution is -0.142. The maximum atomic E-state index is 10.9. The van der Waals surface area contributed by atoms with Crippen LogP contribution < -0.4 is 9.64 Å². The molecule has 104 valence electrons. The van der Waals surface area contributed by atoms with Gasteiger partial charge in [0, 0.05) is 13.1 Å². The van der Waals surface area contributed by atoms with Crippen LogP contribution in [0.2, 0.25) is 0 Å². The van der Waals surface area contributed by atoms with Crippen molar-refractivity contribution in [2.45, 2.75) is 32.8 Å². The van der Waals surface area contributed by atoms with Gasteiger partial charge in [-0.1, -0.05) is 0 Å². The highest BCUT2D eigenvalue weighted by atomic mass is 16.5. The van der Waals surface area contributed by atoms with E-state index in [0.717, 1.165) is 5.82 Å². The maximum Gasteiger partial charge on any atom is 0.306 e. The molecule has 0 amide bonds. The minimum Gasteiger partial charge on any atom is -0.481 e. The van der Waals surface area contributed by atoms with Crippen LogP contribution in [0.5, 0.6) is 5.88 Å². The van der Waals surface area contributed by atoms with Crippen molar-refractivity contribution in [3.63, 3.8) is 0 Å². The number of hydrogen-bond donors (Lipinski definition) is 1. The van der Waals surface area contributed by atoms with Gasteiger partial charge in [-0.25, -0.2) is 0 Å². The molecular weight excluding hydrogens is 246 g/mol. The van der Waals surface area contributed by atoms with Crippen LogP contribution in [0.3, 0.4) is 0 Å². The van der Waals surface area contributed by atoms with E-state index in [2.05, 4.69) is 14.9 Å². The largest absolute Gasteiger partial charge is 0.481 e. The minimum atomic E-state index is -0.706. The van der Waals surface area contributed by atoms with Crippen LogP contribution in [0.15, 0.2) is 12.4 Å². The van der Waals surface area contributed by atoms with Gasteiger partial charge < -0.3 is 14.7 Å². The van der Waals surface area contributed by atoms with Crippen LogP contribution in [-0.4, -0.2) is 40.2 Å². The van der Waals surface area contributed by atoms with Crippen LogP contribution in [0.1, 0.15) is 26.7 Å². The molecule has 1 fully saturated rings. The predicted octanol–water partition coefficient (Wildman–Crippen LogP) is 1.56. The zero-order valence-corrected chi connectivity index (χ0v) is 11.2. The topological polar surface area (TPSA) is 75.5 Å². The van der Waals surface area contributed by atoms with Crippen LogP contribution in [0.4, 0.5) is 5.82 Å².